The molecular weight excluding hydrogens is 370 g/mol. The summed E-state index contributed by atoms with van der Waals surface area (Å²) in [6, 6.07) is 12.7. The van der Waals surface area contributed by atoms with E-state index in [1.807, 2.05) is 6.92 Å². The van der Waals surface area contributed by atoms with Crippen LogP contribution >= 0.6 is 0 Å². The normalized spacial score (nSPS) is 11.0. The number of rotatable bonds is 10. The predicted molar refractivity (Wildman–Crippen MR) is 101 cm³/mol. The van der Waals surface area contributed by atoms with Crippen molar-refractivity contribution in [1.82, 2.24) is 4.72 Å². The Kier molecular flexibility index (Phi) is 7.63. The third-order valence-electron chi connectivity index (χ3n) is 3.47. The molecule has 8 heteroatoms. The monoisotopic (exact) mass is 393 g/mol. The second-order valence-electron chi connectivity index (χ2n) is 5.40. The van der Waals surface area contributed by atoms with E-state index >= 15 is 0 Å². The maximum absolute atomic E-state index is 12.3. The Labute approximate surface area is 159 Å². The van der Waals surface area contributed by atoms with Gasteiger partial charge in [-0.15, -0.1) is 0 Å². The van der Waals surface area contributed by atoms with E-state index in [1.54, 1.807) is 31.2 Å². The first kappa shape index (κ1) is 20.7. The molecule has 0 saturated heterocycles. The average Bonchev–Trinajstić information content (AvgIpc) is 2.67. The number of hydrogen-bond acceptors (Lipinski definition) is 6. The molecule has 1 N–H and O–H groups in total. The Hall–Kier alpha value is -2.58. The number of carbonyl (C=O) groups is 1. The summed E-state index contributed by atoms with van der Waals surface area (Å²) < 4.78 is 42.7. The van der Waals surface area contributed by atoms with Crippen LogP contribution in [0.5, 0.6) is 11.5 Å². The minimum Gasteiger partial charge on any atom is -0.494 e. The molecule has 2 aromatic rings. The van der Waals surface area contributed by atoms with Crippen LogP contribution < -0.4 is 14.2 Å². The van der Waals surface area contributed by atoms with Gasteiger partial charge in [0, 0.05) is 6.54 Å². The Morgan fingerprint density at radius 3 is 2.04 bits per heavy atom. The van der Waals surface area contributed by atoms with Gasteiger partial charge < -0.3 is 14.2 Å². The molecule has 0 bridgehead atoms. The van der Waals surface area contributed by atoms with Crippen LogP contribution in [0.2, 0.25) is 0 Å². The SMILES string of the molecule is CCOC(=O)c1ccc(S(=O)(=O)NCCOc2ccc(OCC)cc2)cc1. The second kappa shape index (κ2) is 9.94. The van der Waals surface area contributed by atoms with Gasteiger partial charge in [0.1, 0.15) is 18.1 Å². The quantitative estimate of drug-likeness (QED) is 0.493. The molecule has 0 aliphatic carbocycles. The Morgan fingerprint density at radius 1 is 0.889 bits per heavy atom. The predicted octanol–water partition coefficient (Wildman–Crippen LogP) is 2.62. The van der Waals surface area contributed by atoms with Gasteiger partial charge in [-0.1, -0.05) is 0 Å². The first-order valence-corrected chi connectivity index (χ1v) is 10.1. The summed E-state index contributed by atoms with van der Waals surface area (Å²) in [7, 11) is -3.69. The summed E-state index contributed by atoms with van der Waals surface area (Å²) in [6.45, 7) is 4.73. The smallest absolute Gasteiger partial charge is 0.338 e. The van der Waals surface area contributed by atoms with E-state index in [9.17, 15) is 13.2 Å². The number of ether oxygens (including phenoxy) is 3. The van der Waals surface area contributed by atoms with E-state index in [1.165, 1.54) is 24.3 Å². The summed E-state index contributed by atoms with van der Waals surface area (Å²) in [5.41, 5.74) is 0.301. The fourth-order valence-corrected chi connectivity index (χ4v) is 3.22. The Balaban J connectivity index is 1.84. The van der Waals surface area contributed by atoms with E-state index in [2.05, 4.69) is 4.72 Å². The van der Waals surface area contributed by atoms with Crippen LogP contribution in [0, 0.1) is 0 Å². The van der Waals surface area contributed by atoms with Crippen molar-refractivity contribution in [3.63, 3.8) is 0 Å². The van der Waals surface area contributed by atoms with Crippen molar-refractivity contribution >= 4 is 16.0 Å². The lowest BCUT2D eigenvalue weighted by atomic mass is 10.2. The Bertz CT molecular complexity index is 832. The zero-order valence-corrected chi connectivity index (χ0v) is 16.1. The standard InChI is InChI=1S/C19H23NO6S/c1-3-24-16-7-9-17(10-8-16)26-14-13-20-27(22,23)18-11-5-15(6-12-18)19(21)25-4-2/h5-12,20H,3-4,13-14H2,1-2H3. The highest BCUT2D eigenvalue weighted by Gasteiger charge is 2.15. The van der Waals surface area contributed by atoms with Gasteiger partial charge >= 0.3 is 5.97 Å². The highest BCUT2D eigenvalue weighted by atomic mass is 32.2. The van der Waals surface area contributed by atoms with Crippen LogP contribution in [0.1, 0.15) is 24.2 Å². The van der Waals surface area contributed by atoms with Crippen LogP contribution in [-0.2, 0) is 14.8 Å². The van der Waals surface area contributed by atoms with E-state index in [-0.39, 0.29) is 24.7 Å². The zero-order chi connectivity index (χ0) is 19.7. The van der Waals surface area contributed by atoms with E-state index < -0.39 is 16.0 Å². The largest absolute Gasteiger partial charge is 0.494 e. The second-order valence-corrected chi connectivity index (χ2v) is 7.16. The molecule has 0 amide bonds. The zero-order valence-electron chi connectivity index (χ0n) is 15.3. The minimum absolute atomic E-state index is 0.0663. The van der Waals surface area contributed by atoms with Crippen molar-refractivity contribution in [2.45, 2.75) is 18.7 Å². The van der Waals surface area contributed by atoms with Crippen LogP contribution in [0.25, 0.3) is 0 Å². The van der Waals surface area contributed by atoms with Gasteiger partial charge in [-0.2, -0.15) is 0 Å². The molecule has 0 unspecified atom stereocenters. The van der Waals surface area contributed by atoms with E-state index in [4.69, 9.17) is 14.2 Å². The highest BCUT2D eigenvalue weighted by molar-refractivity contribution is 7.89. The molecule has 0 aromatic heterocycles. The van der Waals surface area contributed by atoms with Crippen LogP contribution in [-0.4, -0.2) is 40.8 Å². The fourth-order valence-electron chi connectivity index (χ4n) is 2.21. The molecule has 2 aromatic carbocycles. The lowest BCUT2D eigenvalue weighted by molar-refractivity contribution is 0.0526. The van der Waals surface area contributed by atoms with Gasteiger partial charge in [-0.25, -0.2) is 17.9 Å². The maximum Gasteiger partial charge on any atom is 0.338 e. The topological polar surface area (TPSA) is 90.9 Å². The van der Waals surface area contributed by atoms with Crippen molar-refractivity contribution in [3.8, 4) is 11.5 Å². The van der Waals surface area contributed by atoms with Crippen LogP contribution in [0.3, 0.4) is 0 Å². The molecule has 0 aliphatic rings. The van der Waals surface area contributed by atoms with Crippen LogP contribution in [0.4, 0.5) is 0 Å². The van der Waals surface area contributed by atoms with Crippen molar-refractivity contribution in [3.05, 3.63) is 54.1 Å². The fraction of sp³-hybridized carbons (Fsp3) is 0.316. The van der Waals surface area contributed by atoms with Gasteiger partial charge in [0.25, 0.3) is 0 Å². The number of carbonyl (C=O) groups excluding carboxylic acids is 1. The van der Waals surface area contributed by atoms with Crippen molar-refractivity contribution < 1.29 is 27.4 Å². The summed E-state index contributed by atoms with van der Waals surface area (Å²) in [6.07, 6.45) is 0. The lowest BCUT2D eigenvalue weighted by Gasteiger charge is -2.10. The molecule has 0 saturated carbocycles. The molecule has 0 fully saturated rings. The third-order valence-corrected chi connectivity index (χ3v) is 4.95. The number of hydrogen-bond donors (Lipinski definition) is 1. The van der Waals surface area contributed by atoms with Crippen LogP contribution in [0.15, 0.2) is 53.4 Å². The summed E-state index contributed by atoms with van der Waals surface area (Å²) in [4.78, 5) is 11.7. The summed E-state index contributed by atoms with van der Waals surface area (Å²) >= 11 is 0. The van der Waals surface area contributed by atoms with E-state index in [0.29, 0.717) is 17.9 Å². The number of benzene rings is 2. The molecule has 0 atom stereocenters. The molecule has 27 heavy (non-hydrogen) atoms. The van der Waals surface area contributed by atoms with Gasteiger partial charge in [-0.3, -0.25) is 0 Å². The Morgan fingerprint density at radius 2 is 1.48 bits per heavy atom. The lowest BCUT2D eigenvalue weighted by Crippen LogP contribution is -2.28. The highest BCUT2D eigenvalue weighted by Crippen LogP contribution is 2.17. The number of esters is 1. The van der Waals surface area contributed by atoms with Gasteiger partial charge in [-0.05, 0) is 62.4 Å². The summed E-state index contributed by atoms with van der Waals surface area (Å²) in [5, 5.41) is 0. The van der Waals surface area contributed by atoms with Gasteiger partial charge in [0.05, 0.1) is 23.7 Å². The third kappa shape index (κ3) is 6.26. The van der Waals surface area contributed by atoms with Gasteiger partial charge in [0.15, 0.2) is 0 Å². The maximum atomic E-state index is 12.3. The minimum atomic E-state index is -3.69. The molecule has 0 spiro atoms. The molecule has 0 heterocycles. The van der Waals surface area contributed by atoms with Crippen molar-refractivity contribution in [1.29, 1.82) is 0 Å². The average molecular weight is 393 g/mol. The molecular formula is C19H23NO6S. The molecule has 0 aliphatic heterocycles. The van der Waals surface area contributed by atoms with E-state index in [0.717, 1.165) is 5.75 Å². The first-order chi connectivity index (χ1) is 13.0. The van der Waals surface area contributed by atoms with Gasteiger partial charge in [0.2, 0.25) is 10.0 Å². The van der Waals surface area contributed by atoms with Crippen molar-refractivity contribution in [2.75, 3.05) is 26.4 Å². The first-order valence-electron chi connectivity index (χ1n) is 8.58. The number of sulfonamides is 1. The molecule has 0 radical (unpaired) electrons. The molecule has 2 rings (SSSR count). The number of nitrogens with one attached hydrogen (secondary N) is 1. The molecule has 7 nitrogen and oxygen atoms in total. The molecule has 146 valence electrons. The summed E-state index contributed by atoms with van der Waals surface area (Å²) in [5.74, 6) is 0.881. The van der Waals surface area contributed by atoms with Crippen molar-refractivity contribution in [2.24, 2.45) is 0 Å².